The second kappa shape index (κ2) is 4.55. The third-order valence-electron chi connectivity index (χ3n) is 0.483. The zero-order chi connectivity index (χ0) is 6.41. The van der Waals surface area contributed by atoms with Gasteiger partial charge in [-0.3, -0.25) is 0 Å². The molecule has 0 aromatic heterocycles. The average molecular weight is 120 g/mol. The predicted molar refractivity (Wildman–Crippen MR) is 25.1 cm³/mol. The van der Waals surface area contributed by atoms with Gasteiger partial charge in [0, 0.05) is 0 Å². The lowest BCUT2D eigenvalue weighted by Crippen LogP contribution is -2.11. The molecular formula is C4H8O4. The lowest BCUT2D eigenvalue weighted by atomic mass is 10.7. The standard InChI is InChI=1S/C4H8O4/c5-1-2-8-4(7)3-6/h5-6H,1-3H2. The van der Waals surface area contributed by atoms with Crippen LogP contribution < -0.4 is 0 Å². The van der Waals surface area contributed by atoms with Gasteiger partial charge in [-0.25, -0.2) is 4.79 Å². The Morgan fingerprint density at radius 3 is 2.50 bits per heavy atom. The van der Waals surface area contributed by atoms with Crippen molar-refractivity contribution in [3.05, 3.63) is 0 Å². The van der Waals surface area contributed by atoms with Crippen LogP contribution in [0, 0.1) is 0 Å². The van der Waals surface area contributed by atoms with Gasteiger partial charge < -0.3 is 14.9 Å². The number of carbonyl (C=O) groups excluding carboxylic acids is 1. The maximum atomic E-state index is 9.99. The summed E-state index contributed by atoms with van der Waals surface area (Å²) >= 11 is 0. The fourth-order valence-electron chi connectivity index (χ4n) is 0.205. The van der Waals surface area contributed by atoms with Crippen LogP contribution in [0.5, 0.6) is 0 Å². The maximum absolute atomic E-state index is 9.99. The molecule has 0 radical (unpaired) electrons. The van der Waals surface area contributed by atoms with Gasteiger partial charge in [-0.15, -0.1) is 0 Å². The Hall–Kier alpha value is -0.610. The largest absolute Gasteiger partial charge is 0.462 e. The minimum Gasteiger partial charge on any atom is -0.462 e. The van der Waals surface area contributed by atoms with Gasteiger partial charge in [0.15, 0.2) is 0 Å². The number of esters is 1. The minimum absolute atomic E-state index is 0.0423. The Labute approximate surface area is 46.7 Å². The molecule has 0 saturated heterocycles. The summed E-state index contributed by atoms with van der Waals surface area (Å²) < 4.78 is 4.20. The molecule has 0 amide bonds. The minimum atomic E-state index is -0.709. The Morgan fingerprint density at radius 1 is 1.50 bits per heavy atom. The van der Waals surface area contributed by atoms with E-state index in [0.717, 1.165) is 0 Å². The lowest BCUT2D eigenvalue weighted by Gasteiger charge is -1.96. The topological polar surface area (TPSA) is 66.8 Å². The third kappa shape index (κ3) is 3.58. The SMILES string of the molecule is O=C(CO)OCCO. The Balaban J connectivity index is 2.99. The zero-order valence-electron chi connectivity index (χ0n) is 4.33. The van der Waals surface area contributed by atoms with Crippen LogP contribution in [0.25, 0.3) is 0 Å². The molecule has 0 rings (SSSR count). The molecule has 8 heavy (non-hydrogen) atoms. The van der Waals surface area contributed by atoms with E-state index < -0.39 is 12.6 Å². The first-order valence-corrected chi connectivity index (χ1v) is 2.18. The average Bonchev–Trinajstić information content (AvgIpc) is 1.83. The van der Waals surface area contributed by atoms with Gasteiger partial charge in [-0.1, -0.05) is 0 Å². The quantitative estimate of drug-likeness (QED) is 0.445. The molecule has 4 nitrogen and oxygen atoms in total. The summed E-state index contributed by atoms with van der Waals surface area (Å²) in [5, 5.41) is 16.1. The number of hydrogen-bond acceptors (Lipinski definition) is 4. The molecule has 0 heterocycles. The molecule has 0 aliphatic heterocycles. The highest BCUT2D eigenvalue weighted by Crippen LogP contribution is 1.72. The van der Waals surface area contributed by atoms with Crippen LogP contribution in [0.4, 0.5) is 0 Å². The number of ether oxygens (including phenoxy) is 1. The van der Waals surface area contributed by atoms with Gasteiger partial charge in [0.2, 0.25) is 0 Å². The fraction of sp³-hybridized carbons (Fsp3) is 0.750. The van der Waals surface area contributed by atoms with Crippen LogP contribution in [0.3, 0.4) is 0 Å². The van der Waals surface area contributed by atoms with Crippen LogP contribution >= 0.6 is 0 Å². The van der Waals surface area contributed by atoms with Crippen molar-refractivity contribution >= 4 is 5.97 Å². The molecule has 48 valence electrons. The normalized spacial score (nSPS) is 8.75. The van der Waals surface area contributed by atoms with Crippen molar-refractivity contribution in [2.75, 3.05) is 19.8 Å². The van der Waals surface area contributed by atoms with Gasteiger partial charge in [0.05, 0.1) is 6.61 Å². The van der Waals surface area contributed by atoms with E-state index >= 15 is 0 Å². The van der Waals surface area contributed by atoms with Gasteiger partial charge in [-0.2, -0.15) is 0 Å². The van der Waals surface area contributed by atoms with Crippen molar-refractivity contribution in [2.45, 2.75) is 0 Å². The summed E-state index contributed by atoms with van der Waals surface area (Å²) in [6, 6.07) is 0. The van der Waals surface area contributed by atoms with E-state index in [1.807, 2.05) is 0 Å². The van der Waals surface area contributed by atoms with Crippen LogP contribution in [0.2, 0.25) is 0 Å². The fourth-order valence-corrected chi connectivity index (χ4v) is 0.205. The Bertz CT molecular complexity index is 70.4. The van der Waals surface area contributed by atoms with E-state index in [1.165, 1.54) is 0 Å². The zero-order valence-corrected chi connectivity index (χ0v) is 4.33. The first kappa shape index (κ1) is 7.39. The summed E-state index contributed by atoms with van der Waals surface area (Å²) in [5.41, 5.74) is 0. The summed E-state index contributed by atoms with van der Waals surface area (Å²) in [6.07, 6.45) is 0. The van der Waals surface area contributed by atoms with E-state index in [2.05, 4.69) is 4.74 Å². The molecule has 0 spiro atoms. The van der Waals surface area contributed by atoms with Crippen molar-refractivity contribution in [2.24, 2.45) is 0 Å². The smallest absolute Gasteiger partial charge is 0.331 e. The van der Waals surface area contributed by atoms with E-state index in [1.54, 1.807) is 0 Å². The molecular weight excluding hydrogens is 112 g/mol. The molecule has 2 N–H and O–H groups in total. The molecule has 4 heteroatoms. The summed E-state index contributed by atoms with van der Waals surface area (Å²) in [5.74, 6) is -0.709. The first-order chi connectivity index (χ1) is 3.81. The molecule has 0 aromatic carbocycles. The van der Waals surface area contributed by atoms with Gasteiger partial charge in [-0.05, 0) is 0 Å². The number of rotatable bonds is 3. The highest BCUT2D eigenvalue weighted by molar-refractivity contribution is 5.70. The second-order valence-electron chi connectivity index (χ2n) is 1.10. The van der Waals surface area contributed by atoms with E-state index in [-0.39, 0.29) is 13.2 Å². The molecule has 0 fully saturated rings. The van der Waals surface area contributed by atoms with Crippen molar-refractivity contribution in [1.82, 2.24) is 0 Å². The highest BCUT2D eigenvalue weighted by atomic mass is 16.5. The van der Waals surface area contributed by atoms with E-state index in [4.69, 9.17) is 10.2 Å². The van der Waals surface area contributed by atoms with Crippen molar-refractivity contribution in [3.8, 4) is 0 Å². The number of carbonyl (C=O) groups is 1. The second-order valence-corrected chi connectivity index (χ2v) is 1.10. The van der Waals surface area contributed by atoms with Gasteiger partial charge in [0.1, 0.15) is 13.2 Å². The number of hydrogen-bond donors (Lipinski definition) is 2. The van der Waals surface area contributed by atoms with E-state index in [0.29, 0.717) is 0 Å². The van der Waals surface area contributed by atoms with E-state index in [9.17, 15) is 4.79 Å². The van der Waals surface area contributed by atoms with Crippen LogP contribution in [0.1, 0.15) is 0 Å². The van der Waals surface area contributed by atoms with Crippen LogP contribution in [-0.2, 0) is 9.53 Å². The molecule has 0 aliphatic rings. The van der Waals surface area contributed by atoms with Gasteiger partial charge in [0.25, 0.3) is 0 Å². The maximum Gasteiger partial charge on any atom is 0.331 e. The summed E-state index contributed by atoms with van der Waals surface area (Å²) in [4.78, 5) is 9.99. The van der Waals surface area contributed by atoms with Crippen molar-refractivity contribution < 1.29 is 19.7 Å². The monoisotopic (exact) mass is 120 g/mol. The molecule has 0 aromatic rings. The Kier molecular flexibility index (Phi) is 4.20. The van der Waals surface area contributed by atoms with Gasteiger partial charge >= 0.3 is 5.97 Å². The van der Waals surface area contributed by atoms with Crippen molar-refractivity contribution in [3.63, 3.8) is 0 Å². The number of aliphatic hydroxyl groups is 2. The summed E-state index contributed by atoms with van der Waals surface area (Å²) in [6.45, 7) is -0.870. The highest BCUT2D eigenvalue weighted by Gasteiger charge is 1.95. The molecule has 0 aliphatic carbocycles. The lowest BCUT2D eigenvalue weighted by molar-refractivity contribution is -0.147. The molecule has 0 atom stereocenters. The first-order valence-electron chi connectivity index (χ1n) is 2.18. The Morgan fingerprint density at radius 2 is 2.12 bits per heavy atom. The van der Waals surface area contributed by atoms with Crippen LogP contribution in [-0.4, -0.2) is 36.0 Å². The van der Waals surface area contributed by atoms with Crippen LogP contribution in [0.15, 0.2) is 0 Å². The number of aliphatic hydroxyl groups excluding tert-OH is 2. The third-order valence-corrected chi connectivity index (χ3v) is 0.483. The molecule has 0 unspecified atom stereocenters. The molecule has 0 bridgehead atoms. The predicted octanol–water partition coefficient (Wildman–Crippen LogP) is -1.49. The van der Waals surface area contributed by atoms with Crippen molar-refractivity contribution in [1.29, 1.82) is 0 Å². The molecule has 0 saturated carbocycles. The summed E-state index contributed by atoms with van der Waals surface area (Å²) in [7, 11) is 0.